The molecule has 0 spiro atoms. The zero-order chi connectivity index (χ0) is 24.1. The van der Waals surface area contributed by atoms with Crippen LogP contribution < -0.4 is 15.0 Å². The quantitative estimate of drug-likeness (QED) is 0.421. The van der Waals surface area contributed by atoms with Crippen molar-refractivity contribution in [2.75, 3.05) is 23.9 Å². The van der Waals surface area contributed by atoms with Crippen molar-refractivity contribution < 1.29 is 18.7 Å². The molecule has 0 aliphatic heterocycles. The zero-order valence-electron chi connectivity index (χ0n) is 17.7. The molecule has 1 N–H and O–H groups in total. The van der Waals surface area contributed by atoms with Crippen LogP contribution in [0.2, 0.25) is 5.02 Å². The third kappa shape index (κ3) is 5.16. The first-order chi connectivity index (χ1) is 15.8. The molecule has 0 saturated heterocycles. The van der Waals surface area contributed by atoms with Crippen LogP contribution in [0.3, 0.4) is 0 Å². The molecule has 0 bridgehead atoms. The van der Waals surface area contributed by atoms with Gasteiger partial charge in [-0.3, -0.25) is 9.59 Å². The van der Waals surface area contributed by atoms with Gasteiger partial charge < -0.3 is 15.0 Å². The normalized spacial score (nSPS) is 10.3. The fourth-order valence-corrected chi connectivity index (χ4v) is 4.14. The average Bonchev–Trinajstić information content (AvgIpc) is 2.81. The number of amides is 2. The molecule has 0 fully saturated rings. The number of anilines is 2. The number of nitrogens with one attached hydrogen (secondary N) is 1. The molecule has 168 valence electrons. The molecule has 3 aromatic carbocycles. The Balaban J connectivity index is 1.98. The van der Waals surface area contributed by atoms with Gasteiger partial charge in [-0.2, -0.15) is 5.26 Å². The topological polar surface area (TPSA) is 82.4 Å². The van der Waals surface area contributed by atoms with E-state index in [4.69, 9.17) is 21.6 Å². The van der Waals surface area contributed by atoms with Crippen molar-refractivity contribution in [2.45, 2.75) is 6.92 Å². The van der Waals surface area contributed by atoms with Crippen LogP contribution in [0.15, 0.2) is 59.1 Å². The molecule has 6 nitrogen and oxygen atoms in total. The molecule has 3 aromatic rings. The summed E-state index contributed by atoms with van der Waals surface area (Å²) in [6.45, 7) is 2.10. The predicted octanol–water partition coefficient (Wildman–Crippen LogP) is 6.04. The Hall–Kier alpha value is -3.41. The van der Waals surface area contributed by atoms with Gasteiger partial charge in [0.1, 0.15) is 5.82 Å². The summed E-state index contributed by atoms with van der Waals surface area (Å²) in [4.78, 5) is 27.7. The number of rotatable bonds is 6. The van der Waals surface area contributed by atoms with Crippen LogP contribution >= 0.6 is 27.5 Å². The van der Waals surface area contributed by atoms with Gasteiger partial charge >= 0.3 is 0 Å². The highest BCUT2D eigenvalue weighted by Gasteiger charge is 2.24. The number of carbonyl (C=O) groups is 2. The third-order valence-electron chi connectivity index (χ3n) is 4.80. The first-order valence-electron chi connectivity index (χ1n) is 9.75. The zero-order valence-corrected chi connectivity index (χ0v) is 20.0. The van der Waals surface area contributed by atoms with Crippen LogP contribution in [-0.4, -0.2) is 25.5 Å². The van der Waals surface area contributed by atoms with Gasteiger partial charge in [-0.25, -0.2) is 4.39 Å². The lowest BCUT2D eigenvalue weighted by Gasteiger charge is -2.24. The summed E-state index contributed by atoms with van der Waals surface area (Å²) < 4.78 is 19.3. The summed E-state index contributed by atoms with van der Waals surface area (Å²) in [6, 6.07) is 15.4. The van der Waals surface area contributed by atoms with Crippen molar-refractivity contribution in [3.05, 3.63) is 86.6 Å². The third-order valence-corrected chi connectivity index (χ3v) is 5.73. The highest BCUT2D eigenvalue weighted by molar-refractivity contribution is 9.10. The van der Waals surface area contributed by atoms with Crippen molar-refractivity contribution in [1.82, 2.24) is 0 Å². The molecule has 0 aliphatic carbocycles. The van der Waals surface area contributed by atoms with E-state index < -0.39 is 11.7 Å². The van der Waals surface area contributed by atoms with Gasteiger partial charge in [0.25, 0.3) is 11.8 Å². The standard InChI is InChI=1S/C24H18BrClFN3O3/c1-3-30(24(32)15-9-7-14(13-28)8-10-15)20-6-4-5-17(22(20)33-2)23(31)29-21-18(25)11-16(27)12-19(21)26/h4-12H,3H2,1-2H3,(H,29,31). The molecule has 0 heterocycles. The summed E-state index contributed by atoms with van der Waals surface area (Å²) >= 11 is 9.28. The highest BCUT2D eigenvalue weighted by Crippen LogP contribution is 2.36. The van der Waals surface area contributed by atoms with Crippen LogP contribution in [-0.2, 0) is 0 Å². The van der Waals surface area contributed by atoms with Gasteiger partial charge in [0.05, 0.1) is 40.7 Å². The lowest BCUT2D eigenvalue weighted by molar-refractivity contribution is 0.0983. The number of carbonyl (C=O) groups excluding carboxylic acids is 2. The SMILES string of the molecule is CCN(C(=O)c1ccc(C#N)cc1)c1cccc(C(=O)Nc2c(Cl)cc(F)cc2Br)c1OC. The van der Waals surface area contributed by atoms with E-state index in [-0.39, 0.29) is 32.4 Å². The van der Waals surface area contributed by atoms with Gasteiger partial charge in [-0.1, -0.05) is 17.7 Å². The van der Waals surface area contributed by atoms with Crippen LogP contribution in [0.1, 0.15) is 33.2 Å². The van der Waals surface area contributed by atoms with Crippen LogP contribution in [0.5, 0.6) is 5.75 Å². The molecule has 0 saturated carbocycles. The van der Waals surface area contributed by atoms with Crippen LogP contribution in [0.25, 0.3) is 0 Å². The summed E-state index contributed by atoms with van der Waals surface area (Å²) in [5.74, 6) is -1.23. The molecular weight excluding hydrogens is 513 g/mol. The van der Waals surface area contributed by atoms with Crippen molar-refractivity contribution in [3.8, 4) is 11.8 Å². The fourth-order valence-electron chi connectivity index (χ4n) is 3.24. The summed E-state index contributed by atoms with van der Waals surface area (Å²) in [5.41, 5.74) is 1.59. The van der Waals surface area contributed by atoms with E-state index in [9.17, 15) is 14.0 Å². The lowest BCUT2D eigenvalue weighted by atomic mass is 10.1. The number of halogens is 3. The summed E-state index contributed by atoms with van der Waals surface area (Å²) in [5, 5.41) is 11.7. The van der Waals surface area contributed by atoms with E-state index in [0.717, 1.165) is 6.07 Å². The van der Waals surface area contributed by atoms with Crippen molar-refractivity contribution in [2.24, 2.45) is 0 Å². The van der Waals surface area contributed by atoms with Gasteiger partial charge in [0, 0.05) is 16.6 Å². The first kappa shape index (κ1) is 24.2. The minimum atomic E-state index is -0.552. The van der Waals surface area contributed by atoms with Gasteiger partial charge in [0.15, 0.2) is 5.75 Å². The molecule has 9 heteroatoms. The number of para-hydroxylation sites is 1. The van der Waals surface area contributed by atoms with E-state index in [1.165, 1.54) is 18.1 Å². The van der Waals surface area contributed by atoms with E-state index in [2.05, 4.69) is 21.2 Å². The number of nitriles is 1. The summed E-state index contributed by atoms with van der Waals surface area (Å²) in [7, 11) is 1.40. The van der Waals surface area contributed by atoms with E-state index in [0.29, 0.717) is 23.4 Å². The molecule has 33 heavy (non-hydrogen) atoms. The summed E-state index contributed by atoms with van der Waals surface area (Å²) in [6.07, 6.45) is 0. The second-order valence-electron chi connectivity index (χ2n) is 6.80. The maximum Gasteiger partial charge on any atom is 0.259 e. The second kappa shape index (κ2) is 10.5. The molecule has 3 rings (SSSR count). The average molecular weight is 531 g/mol. The van der Waals surface area contributed by atoms with E-state index in [1.54, 1.807) is 49.4 Å². The molecule has 0 unspecified atom stereocenters. The smallest absolute Gasteiger partial charge is 0.259 e. The second-order valence-corrected chi connectivity index (χ2v) is 8.06. The Labute approximate surface area is 203 Å². The monoisotopic (exact) mass is 529 g/mol. The Morgan fingerprint density at radius 3 is 2.48 bits per heavy atom. The maximum absolute atomic E-state index is 13.5. The first-order valence-corrected chi connectivity index (χ1v) is 10.9. The number of nitrogens with zero attached hydrogens (tertiary/aromatic N) is 2. The fraction of sp³-hybridized carbons (Fsp3) is 0.125. The van der Waals surface area contributed by atoms with Crippen molar-refractivity contribution >= 4 is 50.7 Å². The molecule has 0 aromatic heterocycles. The molecule has 0 atom stereocenters. The number of ether oxygens (including phenoxy) is 1. The number of hydrogen-bond donors (Lipinski definition) is 1. The Kier molecular flexibility index (Phi) is 7.69. The Morgan fingerprint density at radius 2 is 1.91 bits per heavy atom. The molecule has 0 radical (unpaired) electrons. The van der Waals surface area contributed by atoms with Crippen molar-refractivity contribution in [3.63, 3.8) is 0 Å². The number of hydrogen-bond acceptors (Lipinski definition) is 4. The lowest BCUT2D eigenvalue weighted by Crippen LogP contribution is -2.31. The minimum absolute atomic E-state index is 0.0246. The molecule has 2 amide bonds. The van der Waals surface area contributed by atoms with Crippen molar-refractivity contribution in [1.29, 1.82) is 5.26 Å². The highest BCUT2D eigenvalue weighted by atomic mass is 79.9. The van der Waals surface area contributed by atoms with Gasteiger partial charge in [-0.15, -0.1) is 0 Å². The van der Waals surface area contributed by atoms with Crippen LogP contribution in [0.4, 0.5) is 15.8 Å². The Morgan fingerprint density at radius 1 is 1.21 bits per heavy atom. The minimum Gasteiger partial charge on any atom is -0.494 e. The van der Waals surface area contributed by atoms with E-state index in [1.807, 2.05) is 6.07 Å². The molecule has 0 aliphatic rings. The van der Waals surface area contributed by atoms with Gasteiger partial charge in [-0.05, 0) is 71.4 Å². The largest absolute Gasteiger partial charge is 0.494 e. The maximum atomic E-state index is 13.5. The van der Waals surface area contributed by atoms with Gasteiger partial charge in [0.2, 0.25) is 0 Å². The number of benzene rings is 3. The van der Waals surface area contributed by atoms with E-state index >= 15 is 0 Å². The van der Waals surface area contributed by atoms with Crippen LogP contribution in [0, 0.1) is 17.1 Å². The molecular formula is C24H18BrClFN3O3. The number of methoxy groups -OCH3 is 1. The Bertz CT molecular complexity index is 1240. The predicted molar refractivity (Wildman–Crippen MR) is 129 cm³/mol.